The Hall–Kier alpha value is -2.96. The second-order valence-electron chi connectivity index (χ2n) is 3.98. The molecule has 0 aliphatic heterocycles. The Kier molecular flexibility index (Phi) is 4.45. The summed E-state index contributed by atoms with van der Waals surface area (Å²) < 4.78 is 18.3. The fraction of sp³-hybridized carbons (Fsp3) is 0.0714. The summed E-state index contributed by atoms with van der Waals surface area (Å²) in [5.74, 6) is -2.31. The van der Waals surface area contributed by atoms with Crippen molar-refractivity contribution in [1.29, 1.82) is 0 Å². The van der Waals surface area contributed by atoms with Crippen LogP contribution in [0.1, 0.15) is 10.5 Å². The van der Waals surface area contributed by atoms with Gasteiger partial charge in [-0.3, -0.25) is 4.79 Å². The fourth-order valence-electron chi connectivity index (χ4n) is 1.51. The summed E-state index contributed by atoms with van der Waals surface area (Å²) >= 11 is 0. The smallest absolute Gasteiger partial charge is 0.354 e. The zero-order valence-electron chi connectivity index (χ0n) is 10.7. The predicted octanol–water partition coefficient (Wildman–Crippen LogP) is 1.94. The molecule has 0 saturated carbocycles. The van der Waals surface area contributed by atoms with Gasteiger partial charge in [0.25, 0.3) is 5.91 Å². The van der Waals surface area contributed by atoms with E-state index in [1.54, 1.807) is 6.07 Å². The summed E-state index contributed by atoms with van der Waals surface area (Å²) in [6.07, 6.45) is 0. The number of amides is 1. The van der Waals surface area contributed by atoms with Gasteiger partial charge < -0.3 is 15.2 Å². The van der Waals surface area contributed by atoms with Crippen molar-refractivity contribution < 1.29 is 23.8 Å². The Labute approximate surface area is 119 Å². The number of benzene rings is 1. The quantitative estimate of drug-likeness (QED) is 0.878. The third-order valence-electron chi connectivity index (χ3n) is 2.43. The molecule has 1 heterocycles. The maximum Gasteiger partial charge on any atom is 0.354 e. The lowest BCUT2D eigenvalue weighted by Gasteiger charge is -2.07. The number of carboxylic acid groups (broad SMARTS) is 1. The highest BCUT2D eigenvalue weighted by Gasteiger charge is 2.09. The number of carbonyl (C=O) groups excluding carboxylic acids is 1. The van der Waals surface area contributed by atoms with Gasteiger partial charge in [-0.2, -0.15) is 0 Å². The molecular formula is C14H11FN2O4. The van der Waals surface area contributed by atoms with Crippen LogP contribution in [0.5, 0.6) is 5.75 Å². The molecule has 1 amide bonds. The molecule has 1 aromatic heterocycles. The zero-order valence-corrected chi connectivity index (χ0v) is 10.7. The number of hydrogen-bond donors (Lipinski definition) is 2. The van der Waals surface area contributed by atoms with E-state index in [0.717, 1.165) is 0 Å². The van der Waals surface area contributed by atoms with E-state index in [1.165, 1.54) is 36.4 Å². The average Bonchev–Trinajstić information content (AvgIpc) is 2.46. The number of nitrogens with one attached hydrogen (secondary N) is 1. The van der Waals surface area contributed by atoms with Crippen molar-refractivity contribution in [3.63, 3.8) is 0 Å². The molecule has 0 radical (unpaired) electrons. The van der Waals surface area contributed by atoms with E-state index in [9.17, 15) is 14.0 Å². The molecule has 108 valence electrons. The van der Waals surface area contributed by atoms with Crippen LogP contribution >= 0.6 is 0 Å². The molecule has 0 unspecified atom stereocenters. The van der Waals surface area contributed by atoms with Crippen LogP contribution < -0.4 is 10.1 Å². The number of aromatic carboxylic acids is 1. The minimum absolute atomic E-state index is 0.0418. The van der Waals surface area contributed by atoms with Crippen molar-refractivity contribution in [2.75, 3.05) is 11.9 Å². The van der Waals surface area contributed by atoms with Gasteiger partial charge in [-0.25, -0.2) is 14.2 Å². The molecule has 21 heavy (non-hydrogen) atoms. The van der Waals surface area contributed by atoms with E-state index in [1.807, 2.05) is 0 Å². The van der Waals surface area contributed by atoms with E-state index in [2.05, 4.69) is 10.3 Å². The normalized spacial score (nSPS) is 9.95. The van der Waals surface area contributed by atoms with Crippen molar-refractivity contribution >= 4 is 17.7 Å². The largest absolute Gasteiger partial charge is 0.481 e. The molecule has 7 heteroatoms. The van der Waals surface area contributed by atoms with Crippen LogP contribution in [0.4, 0.5) is 10.2 Å². The Balaban J connectivity index is 1.95. The second-order valence-corrected chi connectivity index (χ2v) is 3.98. The van der Waals surface area contributed by atoms with Crippen molar-refractivity contribution in [2.45, 2.75) is 0 Å². The summed E-state index contributed by atoms with van der Waals surface area (Å²) in [7, 11) is 0. The molecule has 0 saturated heterocycles. The molecule has 0 spiro atoms. The van der Waals surface area contributed by atoms with Crippen LogP contribution in [0.15, 0.2) is 42.5 Å². The van der Waals surface area contributed by atoms with Gasteiger partial charge in [0.15, 0.2) is 23.9 Å². The summed E-state index contributed by atoms with van der Waals surface area (Å²) in [5.41, 5.74) is -0.192. The summed E-state index contributed by atoms with van der Waals surface area (Å²) in [6, 6.07) is 9.87. The van der Waals surface area contributed by atoms with Crippen molar-refractivity contribution in [2.24, 2.45) is 0 Å². The minimum atomic E-state index is -1.20. The van der Waals surface area contributed by atoms with Crippen LogP contribution in [0.25, 0.3) is 0 Å². The Morgan fingerprint density at radius 2 is 1.95 bits per heavy atom. The molecule has 2 N–H and O–H groups in total. The highest BCUT2D eigenvalue weighted by molar-refractivity contribution is 5.92. The first-order chi connectivity index (χ1) is 10.1. The monoisotopic (exact) mass is 290 g/mol. The molecule has 0 aliphatic carbocycles. The summed E-state index contributed by atoms with van der Waals surface area (Å²) in [4.78, 5) is 26.1. The van der Waals surface area contributed by atoms with Gasteiger partial charge in [0.2, 0.25) is 0 Å². The number of rotatable bonds is 5. The topological polar surface area (TPSA) is 88.5 Å². The standard InChI is InChI=1S/C14H11FN2O4/c15-9-4-1-2-6-11(9)21-8-13(18)17-12-7-3-5-10(16-12)14(19)20/h1-7H,8H2,(H,19,20)(H,16,17,18). The Morgan fingerprint density at radius 3 is 2.67 bits per heavy atom. The van der Waals surface area contributed by atoms with Gasteiger partial charge in [-0.1, -0.05) is 18.2 Å². The number of aromatic nitrogens is 1. The number of para-hydroxylation sites is 1. The first-order valence-electron chi connectivity index (χ1n) is 5.94. The highest BCUT2D eigenvalue weighted by atomic mass is 19.1. The number of ether oxygens (including phenoxy) is 1. The number of halogens is 1. The maximum atomic E-state index is 13.3. The van der Waals surface area contributed by atoms with Crippen LogP contribution in [0.3, 0.4) is 0 Å². The van der Waals surface area contributed by atoms with E-state index < -0.39 is 24.3 Å². The van der Waals surface area contributed by atoms with Gasteiger partial charge in [-0.05, 0) is 24.3 Å². The Bertz CT molecular complexity index is 676. The summed E-state index contributed by atoms with van der Waals surface area (Å²) in [6.45, 7) is -0.417. The van der Waals surface area contributed by atoms with Crippen molar-refractivity contribution in [3.8, 4) is 5.75 Å². The van der Waals surface area contributed by atoms with Crippen molar-refractivity contribution in [1.82, 2.24) is 4.98 Å². The van der Waals surface area contributed by atoms with Crippen molar-refractivity contribution in [3.05, 3.63) is 54.0 Å². The third kappa shape index (κ3) is 4.00. The molecule has 0 aliphatic rings. The number of carboxylic acids is 1. The van der Waals surface area contributed by atoms with Gasteiger partial charge in [0, 0.05) is 0 Å². The maximum absolute atomic E-state index is 13.3. The van der Waals surface area contributed by atoms with Crippen LogP contribution in [0, 0.1) is 5.82 Å². The van der Waals surface area contributed by atoms with E-state index in [-0.39, 0.29) is 17.3 Å². The molecule has 2 rings (SSSR count). The predicted molar refractivity (Wildman–Crippen MR) is 71.7 cm³/mol. The van der Waals surface area contributed by atoms with Gasteiger partial charge >= 0.3 is 5.97 Å². The van der Waals surface area contributed by atoms with Crippen LogP contribution in [-0.4, -0.2) is 28.6 Å². The molecule has 0 bridgehead atoms. The number of pyridine rings is 1. The molecular weight excluding hydrogens is 279 g/mol. The fourth-order valence-corrected chi connectivity index (χ4v) is 1.51. The van der Waals surface area contributed by atoms with E-state index in [4.69, 9.17) is 9.84 Å². The number of carbonyl (C=O) groups is 2. The SMILES string of the molecule is O=C(COc1ccccc1F)Nc1cccc(C(=O)O)n1. The first-order valence-corrected chi connectivity index (χ1v) is 5.94. The minimum Gasteiger partial charge on any atom is -0.481 e. The molecule has 1 aromatic carbocycles. The zero-order chi connectivity index (χ0) is 15.2. The first kappa shape index (κ1) is 14.4. The Morgan fingerprint density at radius 1 is 1.19 bits per heavy atom. The van der Waals surface area contributed by atoms with E-state index in [0.29, 0.717) is 0 Å². The molecule has 0 atom stereocenters. The molecule has 0 fully saturated rings. The molecule has 2 aromatic rings. The number of anilines is 1. The van der Waals surface area contributed by atoms with Crippen LogP contribution in [-0.2, 0) is 4.79 Å². The van der Waals surface area contributed by atoms with E-state index >= 15 is 0 Å². The third-order valence-corrected chi connectivity index (χ3v) is 2.43. The number of hydrogen-bond acceptors (Lipinski definition) is 4. The summed E-state index contributed by atoms with van der Waals surface area (Å²) in [5, 5.41) is 11.2. The number of nitrogens with zero attached hydrogens (tertiary/aromatic N) is 1. The highest BCUT2D eigenvalue weighted by Crippen LogP contribution is 2.15. The van der Waals surface area contributed by atoms with Gasteiger partial charge in [0.05, 0.1) is 0 Å². The lowest BCUT2D eigenvalue weighted by atomic mass is 10.3. The lowest BCUT2D eigenvalue weighted by Crippen LogP contribution is -2.21. The lowest BCUT2D eigenvalue weighted by molar-refractivity contribution is -0.118. The van der Waals surface area contributed by atoms with Gasteiger partial charge in [0.1, 0.15) is 5.82 Å². The van der Waals surface area contributed by atoms with Crippen LogP contribution in [0.2, 0.25) is 0 Å². The average molecular weight is 290 g/mol. The van der Waals surface area contributed by atoms with Gasteiger partial charge in [-0.15, -0.1) is 0 Å². The molecule has 6 nitrogen and oxygen atoms in total. The second kappa shape index (κ2) is 6.47.